The molecule has 0 rings (SSSR count). The summed E-state index contributed by atoms with van der Waals surface area (Å²) in [5.74, 6) is -0.242. The van der Waals surface area contributed by atoms with Crippen molar-refractivity contribution < 1.29 is 19.1 Å². The normalized spacial score (nSPS) is 13.4. The summed E-state index contributed by atoms with van der Waals surface area (Å²) in [6.45, 7) is 8.15. The Morgan fingerprint density at radius 1 is 0.696 bits per heavy atom. The predicted octanol–water partition coefficient (Wildman–Crippen LogP) is 5.18. The zero-order valence-corrected chi connectivity index (χ0v) is 15.6. The lowest BCUT2D eigenvalue weighted by molar-refractivity contribution is -0.149. The number of hydrogen-bond acceptors (Lipinski definition) is 4. The lowest BCUT2D eigenvalue weighted by atomic mass is 10.1. The molecule has 0 fully saturated rings. The van der Waals surface area contributed by atoms with Crippen molar-refractivity contribution >= 4 is 11.9 Å². The molecular weight excluding hydrogens is 292 g/mol. The van der Waals surface area contributed by atoms with Gasteiger partial charge in [0.15, 0.2) is 0 Å². The Morgan fingerprint density at radius 2 is 1.09 bits per heavy atom. The van der Waals surface area contributed by atoms with E-state index in [0.717, 1.165) is 57.8 Å². The molecule has 0 radical (unpaired) electrons. The molecule has 0 bridgehead atoms. The Hall–Kier alpha value is -1.06. The zero-order chi connectivity index (χ0) is 17.5. The molecule has 0 amide bonds. The Kier molecular flexibility index (Phi) is 13.9. The number of carbonyl (C=O) groups excluding carboxylic acids is 2. The van der Waals surface area contributed by atoms with E-state index in [0.29, 0.717) is 12.8 Å². The van der Waals surface area contributed by atoms with Crippen molar-refractivity contribution in [3.8, 4) is 0 Å². The maximum absolute atomic E-state index is 11.6. The number of unbranched alkanes of at least 4 members (excludes halogenated alkanes) is 4. The van der Waals surface area contributed by atoms with E-state index < -0.39 is 0 Å². The maximum atomic E-state index is 11.6. The molecule has 4 heteroatoms. The highest BCUT2D eigenvalue weighted by molar-refractivity contribution is 5.70. The first-order valence-corrected chi connectivity index (χ1v) is 9.38. The highest BCUT2D eigenvalue weighted by Crippen LogP contribution is 2.10. The molecule has 23 heavy (non-hydrogen) atoms. The molecule has 0 N–H and O–H groups in total. The second-order valence-corrected chi connectivity index (χ2v) is 6.45. The van der Waals surface area contributed by atoms with E-state index in [-0.39, 0.29) is 24.1 Å². The van der Waals surface area contributed by atoms with Crippen molar-refractivity contribution in [2.24, 2.45) is 0 Å². The fourth-order valence-corrected chi connectivity index (χ4v) is 2.38. The topological polar surface area (TPSA) is 52.6 Å². The van der Waals surface area contributed by atoms with Gasteiger partial charge in [-0.15, -0.1) is 0 Å². The molecule has 0 aliphatic rings. The largest absolute Gasteiger partial charge is 0.463 e. The number of carbonyl (C=O) groups is 2. The molecule has 136 valence electrons. The summed E-state index contributed by atoms with van der Waals surface area (Å²) in [5.41, 5.74) is 0. The van der Waals surface area contributed by atoms with Crippen LogP contribution in [0.4, 0.5) is 0 Å². The number of rotatable bonds is 14. The molecule has 0 aliphatic carbocycles. The minimum Gasteiger partial charge on any atom is -0.463 e. The van der Waals surface area contributed by atoms with Gasteiger partial charge in [-0.3, -0.25) is 9.59 Å². The molecule has 0 aliphatic heterocycles. The van der Waals surface area contributed by atoms with E-state index in [4.69, 9.17) is 9.47 Å². The average molecular weight is 328 g/mol. The first-order chi connectivity index (χ1) is 11.0. The van der Waals surface area contributed by atoms with E-state index >= 15 is 0 Å². The monoisotopic (exact) mass is 328 g/mol. The SMILES string of the molecule is CCCCC(C)OC(=O)CCCCCC(=O)OC(C)CCCC. The van der Waals surface area contributed by atoms with Gasteiger partial charge in [0.05, 0.1) is 12.2 Å². The van der Waals surface area contributed by atoms with Gasteiger partial charge in [-0.25, -0.2) is 0 Å². The first-order valence-electron chi connectivity index (χ1n) is 9.38. The van der Waals surface area contributed by atoms with E-state index in [1.807, 2.05) is 13.8 Å². The highest BCUT2D eigenvalue weighted by Gasteiger charge is 2.10. The molecule has 0 saturated carbocycles. The quantitative estimate of drug-likeness (QED) is 0.325. The second-order valence-electron chi connectivity index (χ2n) is 6.45. The Labute approximate surface area is 142 Å². The van der Waals surface area contributed by atoms with Crippen molar-refractivity contribution in [2.75, 3.05) is 0 Å². The van der Waals surface area contributed by atoms with Crippen LogP contribution in [0.2, 0.25) is 0 Å². The van der Waals surface area contributed by atoms with Crippen LogP contribution in [0.3, 0.4) is 0 Å². The molecule has 2 unspecified atom stereocenters. The number of hydrogen-bond donors (Lipinski definition) is 0. The van der Waals surface area contributed by atoms with Gasteiger partial charge in [0.25, 0.3) is 0 Å². The van der Waals surface area contributed by atoms with Crippen LogP contribution in [0, 0.1) is 0 Å². The molecule has 0 spiro atoms. The molecule has 0 saturated heterocycles. The number of esters is 2. The average Bonchev–Trinajstić information content (AvgIpc) is 2.50. The standard InChI is InChI=1S/C19H36O4/c1-5-7-12-16(3)22-18(20)14-10-9-11-15-19(21)23-17(4)13-8-6-2/h16-17H,5-15H2,1-4H3. The molecule has 4 nitrogen and oxygen atoms in total. The van der Waals surface area contributed by atoms with Crippen molar-refractivity contribution in [1.82, 2.24) is 0 Å². The maximum Gasteiger partial charge on any atom is 0.306 e. The first kappa shape index (κ1) is 21.9. The molecule has 0 aromatic rings. The van der Waals surface area contributed by atoms with Crippen LogP contribution in [0.15, 0.2) is 0 Å². The van der Waals surface area contributed by atoms with Crippen LogP contribution in [0.1, 0.15) is 98.3 Å². The fourth-order valence-electron chi connectivity index (χ4n) is 2.38. The molecule has 0 aromatic heterocycles. The third-order valence-electron chi connectivity index (χ3n) is 3.86. The van der Waals surface area contributed by atoms with Crippen LogP contribution >= 0.6 is 0 Å². The van der Waals surface area contributed by atoms with Crippen LogP contribution in [0.5, 0.6) is 0 Å². The predicted molar refractivity (Wildman–Crippen MR) is 93.2 cm³/mol. The van der Waals surface area contributed by atoms with Crippen molar-refractivity contribution in [3.05, 3.63) is 0 Å². The third kappa shape index (κ3) is 14.3. The fraction of sp³-hybridized carbons (Fsp3) is 0.895. The number of ether oxygens (including phenoxy) is 2. The molecule has 0 heterocycles. The van der Waals surface area contributed by atoms with Gasteiger partial charge in [-0.2, -0.15) is 0 Å². The van der Waals surface area contributed by atoms with Gasteiger partial charge >= 0.3 is 11.9 Å². The van der Waals surface area contributed by atoms with Crippen LogP contribution in [-0.2, 0) is 19.1 Å². The third-order valence-corrected chi connectivity index (χ3v) is 3.86. The molecule has 0 aromatic carbocycles. The highest BCUT2D eigenvalue weighted by atomic mass is 16.5. The van der Waals surface area contributed by atoms with E-state index in [1.54, 1.807) is 0 Å². The van der Waals surface area contributed by atoms with Crippen molar-refractivity contribution in [1.29, 1.82) is 0 Å². The zero-order valence-electron chi connectivity index (χ0n) is 15.6. The van der Waals surface area contributed by atoms with E-state index in [9.17, 15) is 9.59 Å². The summed E-state index contributed by atoms with van der Waals surface area (Å²) in [4.78, 5) is 23.3. The second kappa shape index (κ2) is 14.5. The smallest absolute Gasteiger partial charge is 0.306 e. The summed E-state index contributed by atoms with van der Waals surface area (Å²) in [6.07, 6.45) is 9.62. The van der Waals surface area contributed by atoms with E-state index in [2.05, 4.69) is 13.8 Å². The van der Waals surface area contributed by atoms with Gasteiger partial charge in [-0.05, 0) is 39.5 Å². The van der Waals surface area contributed by atoms with Crippen LogP contribution in [0.25, 0.3) is 0 Å². The van der Waals surface area contributed by atoms with E-state index in [1.165, 1.54) is 0 Å². The Morgan fingerprint density at radius 3 is 1.43 bits per heavy atom. The van der Waals surface area contributed by atoms with Gasteiger partial charge in [0, 0.05) is 12.8 Å². The molecule has 2 atom stereocenters. The van der Waals surface area contributed by atoms with Gasteiger partial charge in [0.2, 0.25) is 0 Å². The van der Waals surface area contributed by atoms with Crippen molar-refractivity contribution in [2.45, 2.75) is 111 Å². The van der Waals surface area contributed by atoms with Crippen LogP contribution in [-0.4, -0.2) is 24.1 Å². The molecular formula is C19H36O4. The van der Waals surface area contributed by atoms with Crippen LogP contribution < -0.4 is 0 Å². The summed E-state index contributed by atoms with van der Waals surface area (Å²) < 4.78 is 10.7. The van der Waals surface area contributed by atoms with Gasteiger partial charge in [0.1, 0.15) is 0 Å². The Balaban J connectivity index is 3.57. The van der Waals surface area contributed by atoms with Gasteiger partial charge in [-0.1, -0.05) is 46.0 Å². The Bertz CT molecular complexity index is 284. The summed E-state index contributed by atoms with van der Waals surface area (Å²) in [6, 6.07) is 0. The summed E-state index contributed by atoms with van der Waals surface area (Å²) in [7, 11) is 0. The van der Waals surface area contributed by atoms with Gasteiger partial charge < -0.3 is 9.47 Å². The lowest BCUT2D eigenvalue weighted by Crippen LogP contribution is -2.15. The minimum absolute atomic E-state index is 0.0158. The summed E-state index contributed by atoms with van der Waals surface area (Å²) >= 11 is 0. The summed E-state index contributed by atoms with van der Waals surface area (Å²) in [5, 5.41) is 0. The minimum atomic E-state index is -0.121. The lowest BCUT2D eigenvalue weighted by Gasteiger charge is -2.13. The van der Waals surface area contributed by atoms with Crippen molar-refractivity contribution in [3.63, 3.8) is 0 Å².